The average Bonchev–Trinajstić information content (AvgIpc) is 3.11. The van der Waals surface area contributed by atoms with Gasteiger partial charge in [0.2, 0.25) is 0 Å². The highest BCUT2D eigenvalue weighted by atomic mass is 32.2. The molecule has 0 bridgehead atoms. The van der Waals surface area contributed by atoms with Gasteiger partial charge in [0.15, 0.2) is 0 Å². The molecule has 3 heteroatoms. The summed E-state index contributed by atoms with van der Waals surface area (Å²) in [5.74, 6) is 1.16. The molecule has 0 atom stereocenters. The van der Waals surface area contributed by atoms with Crippen molar-refractivity contribution in [2.45, 2.75) is 30.3 Å². The third-order valence-corrected chi connectivity index (χ3v) is 4.02. The van der Waals surface area contributed by atoms with Crippen molar-refractivity contribution in [3.63, 3.8) is 0 Å². The predicted molar refractivity (Wildman–Crippen MR) is 75.6 cm³/mol. The molecular formula is C14H22N2S. The monoisotopic (exact) mass is 250 g/mol. The van der Waals surface area contributed by atoms with Gasteiger partial charge in [-0.25, -0.2) is 0 Å². The van der Waals surface area contributed by atoms with Gasteiger partial charge in [-0.15, -0.1) is 11.8 Å². The minimum absolute atomic E-state index is 0.787. The van der Waals surface area contributed by atoms with Gasteiger partial charge in [-0.3, -0.25) is 0 Å². The van der Waals surface area contributed by atoms with Crippen LogP contribution in [-0.4, -0.2) is 37.3 Å². The van der Waals surface area contributed by atoms with E-state index in [1.54, 1.807) is 0 Å². The van der Waals surface area contributed by atoms with Crippen molar-refractivity contribution in [1.82, 2.24) is 10.2 Å². The summed E-state index contributed by atoms with van der Waals surface area (Å²) in [6, 6.07) is 9.55. The third-order valence-electron chi connectivity index (χ3n) is 2.93. The smallest absolute Gasteiger partial charge is 0.0219 e. The van der Waals surface area contributed by atoms with Crippen LogP contribution in [0.5, 0.6) is 0 Å². The van der Waals surface area contributed by atoms with Crippen molar-refractivity contribution in [3.05, 3.63) is 29.8 Å². The zero-order valence-corrected chi connectivity index (χ0v) is 11.6. The Hall–Kier alpha value is -0.510. The normalized spacial score (nSPS) is 15.5. The Morgan fingerprint density at radius 1 is 1.29 bits per heavy atom. The van der Waals surface area contributed by atoms with Gasteiger partial charge in [0.25, 0.3) is 0 Å². The molecule has 2 rings (SSSR count). The lowest BCUT2D eigenvalue weighted by Gasteiger charge is -2.12. The maximum absolute atomic E-state index is 3.59. The van der Waals surface area contributed by atoms with E-state index in [0.717, 1.165) is 24.9 Å². The summed E-state index contributed by atoms with van der Waals surface area (Å²) in [4.78, 5) is 3.67. The highest BCUT2D eigenvalue weighted by Gasteiger charge is 2.20. The Balaban J connectivity index is 1.85. The first kappa shape index (κ1) is 12.9. The summed E-state index contributed by atoms with van der Waals surface area (Å²) in [5.41, 5.74) is 1.45. The number of thioether (sulfide) groups is 1. The van der Waals surface area contributed by atoms with Gasteiger partial charge in [-0.05, 0) is 38.6 Å². The number of benzene rings is 1. The summed E-state index contributed by atoms with van der Waals surface area (Å²) in [5, 5.41) is 3.59. The van der Waals surface area contributed by atoms with E-state index >= 15 is 0 Å². The molecule has 0 saturated heterocycles. The number of nitrogens with one attached hydrogen (secondary N) is 1. The summed E-state index contributed by atoms with van der Waals surface area (Å²) in [6.07, 6.45) is 2.71. The molecule has 1 aromatic rings. The van der Waals surface area contributed by atoms with Gasteiger partial charge in [0.1, 0.15) is 0 Å². The molecule has 1 saturated carbocycles. The third kappa shape index (κ3) is 4.70. The van der Waals surface area contributed by atoms with Crippen LogP contribution in [0.15, 0.2) is 29.2 Å². The van der Waals surface area contributed by atoms with E-state index in [9.17, 15) is 0 Å². The highest BCUT2D eigenvalue weighted by Crippen LogP contribution is 2.24. The molecule has 1 fully saturated rings. The van der Waals surface area contributed by atoms with Gasteiger partial charge in [-0.1, -0.05) is 18.2 Å². The van der Waals surface area contributed by atoms with E-state index in [1.807, 2.05) is 11.8 Å². The van der Waals surface area contributed by atoms with Crippen LogP contribution in [0.2, 0.25) is 0 Å². The SMILES string of the molecule is CN(C)CCSc1ccccc1CNC1CC1. The molecule has 94 valence electrons. The molecule has 1 aromatic carbocycles. The second kappa shape index (κ2) is 6.43. The summed E-state index contributed by atoms with van der Waals surface area (Å²) in [7, 11) is 4.25. The van der Waals surface area contributed by atoms with Crippen LogP contribution in [-0.2, 0) is 6.54 Å². The molecule has 1 aliphatic rings. The van der Waals surface area contributed by atoms with Gasteiger partial charge in [0, 0.05) is 29.8 Å². The Morgan fingerprint density at radius 2 is 2.06 bits per heavy atom. The summed E-state index contributed by atoms with van der Waals surface area (Å²) < 4.78 is 0. The Morgan fingerprint density at radius 3 is 2.76 bits per heavy atom. The highest BCUT2D eigenvalue weighted by molar-refractivity contribution is 7.99. The molecule has 0 aliphatic heterocycles. The topological polar surface area (TPSA) is 15.3 Å². The Kier molecular flexibility index (Phi) is 4.89. The maximum Gasteiger partial charge on any atom is 0.0219 e. The van der Waals surface area contributed by atoms with E-state index in [0.29, 0.717) is 0 Å². The van der Waals surface area contributed by atoms with Crippen molar-refractivity contribution >= 4 is 11.8 Å². The van der Waals surface area contributed by atoms with Crippen LogP contribution in [0.1, 0.15) is 18.4 Å². The van der Waals surface area contributed by atoms with Gasteiger partial charge in [-0.2, -0.15) is 0 Å². The molecule has 0 aromatic heterocycles. The zero-order chi connectivity index (χ0) is 12.1. The number of hydrogen-bond donors (Lipinski definition) is 1. The first-order valence-corrected chi connectivity index (χ1v) is 7.33. The van der Waals surface area contributed by atoms with E-state index in [-0.39, 0.29) is 0 Å². The number of rotatable bonds is 7. The second-order valence-corrected chi connectivity index (χ2v) is 6.05. The fourth-order valence-electron chi connectivity index (χ4n) is 1.67. The minimum Gasteiger partial charge on any atom is -0.310 e. The standard InChI is InChI=1S/C14H22N2S/c1-16(2)9-10-17-14-6-4-3-5-12(14)11-15-13-7-8-13/h3-6,13,15H,7-11H2,1-2H3. The van der Waals surface area contributed by atoms with Gasteiger partial charge < -0.3 is 10.2 Å². The lowest BCUT2D eigenvalue weighted by atomic mass is 10.2. The van der Waals surface area contributed by atoms with Crippen LogP contribution in [0.3, 0.4) is 0 Å². The van der Waals surface area contributed by atoms with Crippen LogP contribution < -0.4 is 5.32 Å². The molecule has 0 radical (unpaired) electrons. The molecule has 0 heterocycles. The van der Waals surface area contributed by atoms with Crippen molar-refractivity contribution in [3.8, 4) is 0 Å². The zero-order valence-electron chi connectivity index (χ0n) is 10.8. The minimum atomic E-state index is 0.787. The lowest BCUT2D eigenvalue weighted by molar-refractivity contribution is 0.437. The lowest BCUT2D eigenvalue weighted by Crippen LogP contribution is -2.16. The van der Waals surface area contributed by atoms with Crippen molar-refractivity contribution < 1.29 is 0 Å². The van der Waals surface area contributed by atoms with E-state index in [4.69, 9.17) is 0 Å². The number of nitrogens with zero attached hydrogens (tertiary/aromatic N) is 1. The molecule has 0 unspecified atom stereocenters. The second-order valence-electron chi connectivity index (χ2n) is 4.91. The molecule has 0 amide bonds. The van der Waals surface area contributed by atoms with Crippen LogP contribution in [0.4, 0.5) is 0 Å². The van der Waals surface area contributed by atoms with Crippen LogP contribution in [0.25, 0.3) is 0 Å². The van der Waals surface area contributed by atoms with E-state index < -0.39 is 0 Å². The summed E-state index contributed by atoms with van der Waals surface area (Å²) >= 11 is 1.97. The molecule has 1 N–H and O–H groups in total. The van der Waals surface area contributed by atoms with E-state index in [1.165, 1.54) is 23.3 Å². The molecular weight excluding hydrogens is 228 g/mol. The van der Waals surface area contributed by atoms with E-state index in [2.05, 4.69) is 48.6 Å². The quantitative estimate of drug-likeness (QED) is 0.749. The predicted octanol–water partition coefficient (Wildman–Crippen LogP) is 2.59. The summed E-state index contributed by atoms with van der Waals surface area (Å²) in [6.45, 7) is 2.16. The van der Waals surface area contributed by atoms with Crippen molar-refractivity contribution in [1.29, 1.82) is 0 Å². The van der Waals surface area contributed by atoms with Crippen LogP contribution >= 0.6 is 11.8 Å². The van der Waals surface area contributed by atoms with Crippen molar-refractivity contribution in [2.24, 2.45) is 0 Å². The Bertz CT molecular complexity index is 348. The largest absolute Gasteiger partial charge is 0.310 e. The molecule has 17 heavy (non-hydrogen) atoms. The first-order chi connectivity index (χ1) is 8.25. The fraction of sp³-hybridized carbons (Fsp3) is 0.571. The first-order valence-electron chi connectivity index (χ1n) is 6.34. The molecule has 2 nitrogen and oxygen atoms in total. The molecule has 0 spiro atoms. The maximum atomic E-state index is 3.59. The Labute approximate surface area is 109 Å². The van der Waals surface area contributed by atoms with Crippen molar-refractivity contribution in [2.75, 3.05) is 26.4 Å². The fourth-order valence-corrected chi connectivity index (χ4v) is 2.85. The number of hydrogen-bond acceptors (Lipinski definition) is 3. The van der Waals surface area contributed by atoms with Crippen LogP contribution in [0, 0.1) is 0 Å². The van der Waals surface area contributed by atoms with Gasteiger partial charge >= 0.3 is 0 Å². The average molecular weight is 250 g/mol. The molecule has 1 aliphatic carbocycles. The van der Waals surface area contributed by atoms with Gasteiger partial charge in [0.05, 0.1) is 0 Å².